The minimum absolute atomic E-state index is 0.784. The fourth-order valence-electron chi connectivity index (χ4n) is 1.05. The summed E-state index contributed by atoms with van der Waals surface area (Å²) in [5.41, 5.74) is 6.46. The number of hydrogen-bond donors (Lipinski definition) is 1. The predicted octanol–water partition coefficient (Wildman–Crippen LogP) is 2.81. The lowest BCUT2D eigenvalue weighted by Crippen LogP contribution is -1.87. The summed E-state index contributed by atoms with van der Waals surface area (Å²) >= 11 is 3.88. The Morgan fingerprint density at radius 1 is 1.27 bits per heavy atom. The average molecular weight is 329 g/mol. The van der Waals surface area contributed by atoms with Crippen molar-refractivity contribution < 1.29 is 0 Å². The van der Waals surface area contributed by atoms with Crippen LogP contribution in [0.25, 0.3) is 0 Å². The third-order valence-electron chi connectivity index (χ3n) is 1.73. The van der Waals surface area contributed by atoms with Crippen LogP contribution in [-0.2, 0) is 0 Å². The number of rotatable bonds is 2. The summed E-state index contributed by atoms with van der Waals surface area (Å²) < 4.78 is 1.14. The van der Waals surface area contributed by atoms with E-state index >= 15 is 0 Å². The maximum atomic E-state index is 5.68. The van der Waals surface area contributed by atoms with Gasteiger partial charge in [-0.2, -0.15) is 0 Å². The van der Waals surface area contributed by atoms with E-state index < -0.39 is 0 Å². The van der Waals surface area contributed by atoms with Crippen LogP contribution in [0.2, 0.25) is 0 Å². The molecule has 0 fully saturated rings. The number of nitrogens with zero attached hydrogens (tertiary/aromatic N) is 2. The lowest BCUT2D eigenvalue weighted by Gasteiger charge is -2.03. The van der Waals surface area contributed by atoms with Crippen LogP contribution in [0.15, 0.2) is 46.7 Å². The van der Waals surface area contributed by atoms with Gasteiger partial charge in [0.15, 0.2) is 0 Å². The van der Waals surface area contributed by atoms with Gasteiger partial charge in [0.2, 0.25) is 0 Å². The molecule has 2 rings (SSSR count). The Morgan fingerprint density at radius 2 is 2.13 bits per heavy atom. The van der Waals surface area contributed by atoms with Crippen molar-refractivity contribution in [2.24, 2.45) is 0 Å². The van der Waals surface area contributed by atoms with E-state index in [2.05, 4.69) is 32.6 Å². The second-order valence-corrected chi connectivity index (χ2v) is 5.06. The SMILES string of the molecule is Nc1ccc(Sc2ccncn2)c(I)c1. The molecule has 0 atom stereocenters. The van der Waals surface area contributed by atoms with Crippen molar-refractivity contribution in [1.29, 1.82) is 0 Å². The summed E-state index contributed by atoms with van der Waals surface area (Å²) in [5.74, 6) is 0. The molecule has 1 heterocycles. The van der Waals surface area contributed by atoms with Crippen LogP contribution in [-0.4, -0.2) is 9.97 Å². The van der Waals surface area contributed by atoms with Crippen LogP contribution >= 0.6 is 34.4 Å². The van der Waals surface area contributed by atoms with Gasteiger partial charge in [0, 0.05) is 20.3 Å². The molecule has 15 heavy (non-hydrogen) atoms. The molecule has 0 aliphatic heterocycles. The molecule has 0 amide bonds. The highest BCUT2D eigenvalue weighted by Crippen LogP contribution is 2.30. The fraction of sp³-hybridized carbons (Fsp3) is 0. The molecule has 1 aromatic carbocycles. The quantitative estimate of drug-likeness (QED) is 0.523. The number of halogens is 1. The first-order chi connectivity index (χ1) is 7.25. The van der Waals surface area contributed by atoms with Gasteiger partial charge < -0.3 is 5.73 Å². The van der Waals surface area contributed by atoms with E-state index in [1.54, 1.807) is 24.3 Å². The van der Waals surface area contributed by atoms with E-state index in [1.807, 2.05) is 24.3 Å². The van der Waals surface area contributed by atoms with Gasteiger partial charge in [-0.15, -0.1) is 0 Å². The van der Waals surface area contributed by atoms with E-state index in [-0.39, 0.29) is 0 Å². The molecule has 0 unspecified atom stereocenters. The lowest BCUT2D eigenvalue weighted by atomic mass is 10.3. The molecule has 2 aromatic rings. The average Bonchev–Trinajstić information content (AvgIpc) is 2.24. The largest absolute Gasteiger partial charge is 0.399 e. The van der Waals surface area contributed by atoms with Crippen LogP contribution in [0.4, 0.5) is 5.69 Å². The van der Waals surface area contributed by atoms with Crippen molar-refractivity contribution in [1.82, 2.24) is 9.97 Å². The molecule has 2 N–H and O–H groups in total. The zero-order chi connectivity index (χ0) is 10.7. The number of benzene rings is 1. The Hall–Kier alpha value is -0.820. The van der Waals surface area contributed by atoms with Crippen molar-refractivity contribution in [3.8, 4) is 0 Å². The van der Waals surface area contributed by atoms with Gasteiger partial charge in [-0.25, -0.2) is 9.97 Å². The lowest BCUT2D eigenvalue weighted by molar-refractivity contribution is 1.05. The van der Waals surface area contributed by atoms with Crippen molar-refractivity contribution in [3.63, 3.8) is 0 Å². The molecule has 0 saturated carbocycles. The van der Waals surface area contributed by atoms with Crippen molar-refractivity contribution in [2.75, 3.05) is 5.73 Å². The smallest absolute Gasteiger partial charge is 0.116 e. The fourth-order valence-corrected chi connectivity index (χ4v) is 2.67. The van der Waals surface area contributed by atoms with Gasteiger partial charge in [0.05, 0.1) is 0 Å². The van der Waals surface area contributed by atoms with Gasteiger partial charge in [-0.1, -0.05) is 11.8 Å². The van der Waals surface area contributed by atoms with E-state index in [9.17, 15) is 0 Å². The zero-order valence-electron chi connectivity index (χ0n) is 7.72. The summed E-state index contributed by atoms with van der Waals surface area (Å²) in [5, 5.41) is 0.938. The highest BCUT2D eigenvalue weighted by molar-refractivity contribution is 14.1. The second kappa shape index (κ2) is 4.80. The Kier molecular flexibility index (Phi) is 3.42. The first-order valence-electron chi connectivity index (χ1n) is 4.24. The minimum atomic E-state index is 0.784. The van der Waals surface area contributed by atoms with Gasteiger partial charge in [-0.3, -0.25) is 0 Å². The molecule has 3 nitrogen and oxygen atoms in total. The third-order valence-corrected chi connectivity index (χ3v) is 4.01. The van der Waals surface area contributed by atoms with Gasteiger partial charge >= 0.3 is 0 Å². The van der Waals surface area contributed by atoms with Crippen molar-refractivity contribution in [2.45, 2.75) is 9.92 Å². The second-order valence-electron chi connectivity index (χ2n) is 2.84. The summed E-state index contributed by atoms with van der Waals surface area (Å²) in [6, 6.07) is 7.73. The van der Waals surface area contributed by atoms with E-state index in [0.29, 0.717) is 0 Å². The molecule has 76 valence electrons. The standard InChI is InChI=1S/C10H8IN3S/c11-8-5-7(12)1-2-9(8)15-10-3-4-13-6-14-10/h1-6H,12H2. The number of hydrogen-bond acceptors (Lipinski definition) is 4. The molecule has 0 spiro atoms. The van der Waals surface area contributed by atoms with E-state index in [1.165, 1.54) is 0 Å². The molecule has 0 aliphatic rings. The number of aromatic nitrogens is 2. The summed E-state index contributed by atoms with van der Waals surface area (Å²) in [6.07, 6.45) is 3.28. The zero-order valence-corrected chi connectivity index (χ0v) is 10.7. The summed E-state index contributed by atoms with van der Waals surface area (Å²) in [7, 11) is 0. The van der Waals surface area contributed by atoms with E-state index in [0.717, 1.165) is 19.2 Å². The monoisotopic (exact) mass is 329 g/mol. The van der Waals surface area contributed by atoms with E-state index in [4.69, 9.17) is 5.73 Å². The Morgan fingerprint density at radius 3 is 2.80 bits per heavy atom. The molecule has 0 aliphatic carbocycles. The molecule has 1 aromatic heterocycles. The Balaban J connectivity index is 2.25. The molecule has 5 heteroatoms. The van der Waals surface area contributed by atoms with Crippen molar-refractivity contribution in [3.05, 3.63) is 40.4 Å². The topological polar surface area (TPSA) is 51.8 Å². The summed E-state index contributed by atoms with van der Waals surface area (Å²) in [6.45, 7) is 0. The maximum absolute atomic E-state index is 5.68. The number of nitrogen functional groups attached to an aromatic ring is 1. The Labute approximate surface area is 106 Å². The molecular weight excluding hydrogens is 321 g/mol. The van der Waals surface area contributed by atoms with Gasteiger partial charge in [0.25, 0.3) is 0 Å². The summed E-state index contributed by atoms with van der Waals surface area (Å²) in [4.78, 5) is 9.19. The molecular formula is C10H8IN3S. The van der Waals surface area contributed by atoms with Crippen molar-refractivity contribution >= 4 is 40.0 Å². The predicted molar refractivity (Wildman–Crippen MR) is 69.7 cm³/mol. The highest BCUT2D eigenvalue weighted by atomic mass is 127. The maximum Gasteiger partial charge on any atom is 0.116 e. The first-order valence-corrected chi connectivity index (χ1v) is 6.14. The minimum Gasteiger partial charge on any atom is -0.399 e. The van der Waals surface area contributed by atoms with Gasteiger partial charge in [-0.05, 0) is 46.9 Å². The van der Waals surface area contributed by atoms with Gasteiger partial charge in [0.1, 0.15) is 11.4 Å². The number of nitrogens with two attached hydrogens (primary N) is 1. The molecule has 0 saturated heterocycles. The van der Waals surface area contributed by atoms with Crippen LogP contribution in [0.5, 0.6) is 0 Å². The normalized spacial score (nSPS) is 10.2. The van der Waals surface area contributed by atoms with Crippen LogP contribution < -0.4 is 5.73 Å². The highest BCUT2D eigenvalue weighted by Gasteiger charge is 2.03. The Bertz CT molecular complexity index is 461. The van der Waals surface area contributed by atoms with Crippen LogP contribution in [0, 0.1) is 3.57 Å². The number of anilines is 1. The van der Waals surface area contributed by atoms with Crippen LogP contribution in [0.1, 0.15) is 0 Å². The molecule has 0 radical (unpaired) electrons. The van der Waals surface area contributed by atoms with Crippen LogP contribution in [0.3, 0.4) is 0 Å². The molecule has 0 bridgehead atoms. The third kappa shape index (κ3) is 2.82. The first kappa shape index (κ1) is 10.7.